The highest BCUT2D eigenvalue weighted by Crippen LogP contribution is 2.14. The van der Waals surface area contributed by atoms with Gasteiger partial charge in [0.1, 0.15) is 0 Å². The number of benzene rings is 1. The summed E-state index contributed by atoms with van der Waals surface area (Å²) in [6.45, 7) is 7.12. The Kier molecular flexibility index (Phi) is 5.41. The van der Waals surface area contributed by atoms with Gasteiger partial charge >= 0.3 is 0 Å². The average molecular weight is 298 g/mol. The maximum atomic E-state index is 13.6. The van der Waals surface area contributed by atoms with E-state index in [1.807, 2.05) is 20.8 Å². The quantitative estimate of drug-likeness (QED) is 0.927. The minimum absolute atomic E-state index is 0.206. The van der Waals surface area contributed by atoms with Crippen molar-refractivity contribution in [1.29, 1.82) is 0 Å². The Morgan fingerprint density at radius 3 is 2.38 bits per heavy atom. The zero-order chi connectivity index (χ0) is 16.2. The van der Waals surface area contributed by atoms with Crippen LogP contribution in [-0.2, 0) is 4.79 Å². The van der Waals surface area contributed by atoms with Gasteiger partial charge < -0.3 is 10.2 Å². The van der Waals surface area contributed by atoms with Crippen molar-refractivity contribution in [2.24, 2.45) is 0 Å². The third-order valence-electron chi connectivity index (χ3n) is 2.70. The van der Waals surface area contributed by atoms with Crippen molar-refractivity contribution >= 4 is 11.8 Å². The molecular weight excluding hydrogens is 278 g/mol. The van der Waals surface area contributed by atoms with Crippen LogP contribution in [0.25, 0.3) is 0 Å². The summed E-state index contributed by atoms with van der Waals surface area (Å²) < 4.78 is 26.8. The van der Waals surface area contributed by atoms with Gasteiger partial charge in [0.2, 0.25) is 5.91 Å². The first-order valence-electron chi connectivity index (χ1n) is 6.70. The van der Waals surface area contributed by atoms with Crippen LogP contribution in [0.5, 0.6) is 0 Å². The molecule has 0 aliphatic heterocycles. The Morgan fingerprint density at radius 1 is 1.24 bits per heavy atom. The highest BCUT2D eigenvalue weighted by atomic mass is 19.2. The minimum atomic E-state index is -1.20. The SMILES string of the molecule is CCN(CC(=O)NC(C)(C)C)C(=O)c1cccc(F)c1F. The van der Waals surface area contributed by atoms with E-state index >= 15 is 0 Å². The van der Waals surface area contributed by atoms with E-state index in [-0.39, 0.29) is 24.6 Å². The molecule has 4 nitrogen and oxygen atoms in total. The van der Waals surface area contributed by atoms with Crippen LogP contribution < -0.4 is 5.32 Å². The second-order valence-corrected chi connectivity index (χ2v) is 5.72. The van der Waals surface area contributed by atoms with Gasteiger partial charge in [-0.15, -0.1) is 0 Å². The van der Waals surface area contributed by atoms with Gasteiger partial charge in [0, 0.05) is 12.1 Å². The van der Waals surface area contributed by atoms with E-state index in [4.69, 9.17) is 0 Å². The fraction of sp³-hybridized carbons (Fsp3) is 0.467. The van der Waals surface area contributed by atoms with E-state index in [0.717, 1.165) is 6.07 Å². The van der Waals surface area contributed by atoms with Crippen molar-refractivity contribution in [1.82, 2.24) is 10.2 Å². The third-order valence-corrected chi connectivity index (χ3v) is 2.70. The first-order valence-corrected chi connectivity index (χ1v) is 6.70. The van der Waals surface area contributed by atoms with E-state index < -0.39 is 23.1 Å². The molecule has 0 bridgehead atoms. The first-order chi connectivity index (χ1) is 9.65. The lowest BCUT2D eigenvalue weighted by molar-refractivity contribution is -0.123. The number of nitrogens with one attached hydrogen (secondary N) is 1. The smallest absolute Gasteiger partial charge is 0.257 e. The maximum Gasteiger partial charge on any atom is 0.257 e. The van der Waals surface area contributed by atoms with Crippen LogP contribution in [0.1, 0.15) is 38.1 Å². The standard InChI is InChI=1S/C15H20F2N2O2/c1-5-19(9-12(20)18-15(2,3)4)14(21)10-7-6-8-11(16)13(10)17/h6-8H,5,9H2,1-4H3,(H,18,20). The zero-order valence-electron chi connectivity index (χ0n) is 12.7. The monoisotopic (exact) mass is 298 g/mol. The van der Waals surface area contributed by atoms with Crippen LogP contribution in [0, 0.1) is 11.6 Å². The highest BCUT2D eigenvalue weighted by molar-refractivity contribution is 5.96. The molecule has 0 spiro atoms. The summed E-state index contributed by atoms with van der Waals surface area (Å²) in [6.07, 6.45) is 0. The third kappa shape index (κ3) is 4.81. The molecular formula is C15H20F2N2O2. The van der Waals surface area contributed by atoms with Crippen molar-refractivity contribution in [2.45, 2.75) is 33.2 Å². The van der Waals surface area contributed by atoms with Crippen molar-refractivity contribution in [3.63, 3.8) is 0 Å². The van der Waals surface area contributed by atoms with Crippen molar-refractivity contribution in [3.05, 3.63) is 35.4 Å². The average Bonchev–Trinajstić information content (AvgIpc) is 2.36. The molecule has 0 atom stereocenters. The second-order valence-electron chi connectivity index (χ2n) is 5.72. The highest BCUT2D eigenvalue weighted by Gasteiger charge is 2.23. The topological polar surface area (TPSA) is 49.4 Å². The van der Waals surface area contributed by atoms with Gasteiger partial charge in [-0.2, -0.15) is 0 Å². The van der Waals surface area contributed by atoms with Gasteiger partial charge in [0.25, 0.3) is 5.91 Å². The number of nitrogens with zero attached hydrogens (tertiary/aromatic N) is 1. The molecule has 21 heavy (non-hydrogen) atoms. The molecule has 1 rings (SSSR count). The molecule has 0 aromatic heterocycles. The zero-order valence-corrected chi connectivity index (χ0v) is 12.7. The fourth-order valence-electron chi connectivity index (χ4n) is 1.80. The number of carbonyl (C=O) groups excluding carboxylic acids is 2. The molecule has 1 aromatic carbocycles. The molecule has 1 N–H and O–H groups in total. The van der Waals surface area contributed by atoms with Gasteiger partial charge in [-0.1, -0.05) is 6.07 Å². The molecule has 0 saturated heterocycles. The molecule has 116 valence electrons. The molecule has 0 unspecified atom stereocenters. The van der Waals surface area contributed by atoms with Gasteiger partial charge in [-0.25, -0.2) is 8.78 Å². The van der Waals surface area contributed by atoms with Crippen LogP contribution in [0.4, 0.5) is 8.78 Å². The second kappa shape index (κ2) is 6.65. The van der Waals surface area contributed by atoms with Crippen LogP contribution in [-0.4, -0.2) is 35.3 Å². The van der Waals surface area contributed by atoms with Crippen molar-refractivity contribution in [2.75, 3.05) is 13.1 Å². The Labute approximate surface area is 123 Å². The first kappa shape index (κ1) is 17.1. The van der Waals surface area contributed by atoms with E-state index in [2.05, 4.69) is 5.32 Å². The van der Waals surface area contributed by atoms with Crippen LogP contribution in [0.15, 0.2) is 18.2 Å². The van der Waals surface area contributed by atoms with Gasteiger partial charge in [-0.05, 0) is 39.8 Å². The number of rotatable bonds is 4. The Hall–Kier alpha value is -1.98. The number of hydrogen-bond acceptors (Lipinski definition) is 2. The number of halogens is 2. The Bertz CT molecular complexity index is 539. The Balaban J connectivity index is 2.87. The number of hydrogen-bond donors (Lipinski definition) is 1. The maximum absolute atomic E-state index is 13.6. The lowest BCUT2D eigenvalue weighted by Crippen LogP contribution is -2.47. The normalized spacial score (nSPS) is 11.1. The van der Waals surface area contributed by atoms with E-state index in [9.17, 15) is 18.4 Å². The minimum Gasteiger partial charge on any atom is -0.350 e. The summed E-state index contributed by atoms with van der Waals surface area (Å²) in [5.74, 6) is -3.35. The van der Waals surface area contributed by atoms with Crippen molar-refractivity contribution < 1.29 is 18.4 Å². The predicted molar refractivity (Wildman–Crippen MR) is 75.8 cm³/mol. The number of carbonyl (C=O) groups is 2. The van der Waals surface area contributed by atoms with Crippen LogP contribution in [0.2, 0.25) is 0 Å². The lowest BCUT2D eigenvalue weighted by Gasteiger charge is -2.25. The summed E-state index contributed by atoms with van der Waals surface area (Å²) >= 11 is 0. The Morgan fingerprint density at radius 2 is 1.86 bits per heavy atom. The molecule has 2 amide bonds. The number of likely N-dealkylation sites (N-methyl/N-ethyl adjacent to an activating group) is 1. The summed E-state index contributed by atoms with van der Waals surface area (Å²) in [4.78, 5) is 25.2. The molecule has 0 radical (unpaired) electrons. The van der Waals surface area contributed by atoms with E-state index in [1.165, 1.54) is 17.0 Å². The predicted octanol–water partition coefficient (Wildman–Crippen LogP) is 2.34. The molecule has 0 aliphatic carbocycles. The summed E-state index contributed by atoms with van der Waals surface area (Å²) in [7, 11) is 0. The summed E-state index contributed by atoms with van der Waals surface area (Å²) in [5.41, 5.74) is -0.802. The van der Waals surface area contributed by atoms with Gasteiger partial charge in [-0.3, -0.25) is 9.59 Å². The van der Waals surface area contributed by atoms with Crippen molar-refractivity contribution in [3.8, 4) is 0 Å². The van der Waals surface area contributed by atoms with Crippen LogP contribution >= 0.6 is 0 Å². The van der Waals surface area contributed by atoms with Gasteiger partial charge in [0.15, 0.2) is 11.6 Å². The lowest BCUT2D eigenvalue weighted by atomic mass is 10.1. The summed E-state index contributed by atoms with van der Waals surface area (Å²) in [5, 5.41) is 2.72. The van der Waals surface area contributed by atoms with Crippen LogP contribution in [0.3, 0.4) is 0 Å². The largest absolute Gasteiger partial charge is 0.350 e. The number of amides is 2. The molecule has 0 heterocycles. The molecule has 0 fully saturated rings. The van der Waals surface area contributed by atoms with E-state index in [0.29, 0.717) is 0 Å². The van der Waals surface area contributed by atoms with Gasteiger partial charge in [0.05, 0.1) is 12.1 Å². The van der Waals surface area contributed by atoms with E-state index in [1.54, 1.807) is 6.92 Å². The summed E-state index contributed by atoms with van der Waals surface area (Å²) in [6, 6.07) is 3.40. The fourth-order valence-corrected chi connectivity index (χ4v) is 1.80. The molecule has 0 aliphatic rings. The molecule has 1 aromatic rings. The molecule has 0 saturated carbocycles. The molecule has 6 heteroatoms.